The zero-order valence-electron chi connectivity index (χ0n) is 21.0. The number of sulfonamides is 1. The summed E-state index contributed by atoms with van der Waals surface area (Å²) in [6.07, 6.45) is 2.19. The Kier molecular flexibility index (Phi) is 9.00. The molecule has 2 aromatic carbocycles. The summed E-state index contributed by atoms with van der Waals surface area (Å²) in [5, 5.41) is 2.68. The van der Waals surface area contributed by atoms with Crippen LogP contribution in [0.3, 0.4) is 0 Å². The molecule has 2 aliphatic rings. The van der Waals surface area contributed by atoms with Crippen molar-refractivity contribution in [3.05, 3.63) is 60.2 Å². The number of hydrogen-bond acceptors (Lipinski definition) is 6. The zero-order chi connectivity index (χ0) is 25.5. The molecule has 9 heteroatoms. The third-order valence-corrected chi connectivity index (χ3v) is 8.40. The Morgan fingerprint density at radius 2 is 1.83 bits per heavy atom. The molecular formula is C27H36N2O6S. The average molecular weight is 517 g/mol. The molecule has 2 aliphatic heterocycles. The van der Waals surface area contributed by atoms with Crippen molar-refractivity contribution in [2.75, 3.05) is 31.6 Å². The van der Waals surface area contributed by atoms with Gasteiger partial charge in [-0.2, -0.15) is 4.31 Å². The van der Waals surface area contributed by atoms with Gasteiger partial charge in [-0.3, -0.25) is 5.32 Å². The molecule has 3 atom stereocenters. The van der Waals surface area contributed by atoms with Crippen molar-refractivity contribution in [2.24, 2.45) is 11.8 Å². The maximum atomic E-state index is 13.4. The van der Waals surface area contributed by atoms with E-state index in [2.05, 4.69) is 17.4 Å². The van der Waals surface area contributed by atoms with E-state index in [9.17, 15) is 13.2 Å². The highest BCUT2D eigenvalue weighted by Crippen LogP contribution is 2.33. The number of carbonyl (C=O) groups excluding carboxylic acids is 1. The first-order valence-electron chi connectivity index (χ1n) is 12.7. The van der Waals surface area contributed by atoms with E-state index in [0.717, 1.165) is 25.7 Å². The molecular weight excluding hydrogens is 480 g/mol. The van der Waals surface area contributed by atoms with Gasteiger partial charge in [0.2, 0.25) is 10.0 Å². The number of ether oxygens (including phenoxy) is 3. The smallest absolute Gasteiger partial charge is 0.411 e. The first-order chi connectivity index (χ1) is 17.3. The Hall–Kier alpha value is -2.46. The molecule has 2 heterocycles. The van der Waals surface area contributed by atoms with Crippen LogP contribution >= 0.6 is 0 Å². The second-order valence-electron chi connectivity index (χ2n) is 9.82. The molecule has 1 N–H and O–H groups in total. The number of unbranched alkanes of at least 4 members (excludes halogenated alkanes) is 1. The van der Waals surface area contributed by atoms with Gasteiger partial charge in [-0.05, 0) is 61.4 Å². The Labute approximate surface area is 214 Å². The van der Waals surface area contributed by atoms with Gasteiger partial charge >= 0.3 is 6.09 Å². The fourth-order valence-electron chi connectivity index (χ4n) is 4.67. The van der Waals surface area contributed by atoms with Crippen LogP contribution in [0.5, 0.6) is 0 Å². The standard InChI is InChI=1S/C27H36N2O6S/c1-20(2)18-29(16-7-6-10-21-8-4-3-5-9-21)36(31,32)23-13-11-22(12-14-23)28-27(30)35-25-19-34-26-24(25)15-17-33-26/h3-5,8-9,11-14,20,24-26H,6-7,10,15-19H2,1-2H3,(H,28,30)/t24-,25-,26+/m0/s1. The summed E-state index contributed by atoms with van der Waals surface area (Å²) in [6.45, 7) is 5.87. The highest BCUT2D eigenvalue weighted by Gasteiger charge is 2.43. The fourth-order valence-corrected chi connectivity index (χ4v) is 6.31. The maximum Gasteiger partial charge on any atom is 0.411 e. The highest BCUT2D eigenvalue weighted by atomic mass is 32.2. The minimum atomic E-state index is -3.66. The fraction of sp³-hybridized carbons (Fsp3) is 0.519. The molecule has 0 bridgehead atoms. The molecule has 8 nitrogen and oxygen atoms in total. The third kappa shape index (κ3) is 6.85. The molecule has 2 fully saturated rings. The van der Waals surface area contributed by atoms with Crippen molar-refractivity contribution >= 4 is 21.8 Å². The Balaban J connectivity index is 1.32. The number of rotatable bonds is 11. The molecule has 1 amide bonds. The molecule has 0 aliphatic carbocycles. The maximum absolute atomic E-state index is 13.4. The minimum Gasteiger partial charge on any atom is -0.443 e. The van der Waals surface area contributed by atoms with Crippen molar-refractivity contribution in [1.29, 1.82) is 0 Å². The van der Waals surface area contributed by atoms with Crippen LogP contribution in [-0.4, -0.2) is 57.5 Å². The van der Waals surface area contributed by atoms with E-state index >= 15 is 0 Å². The molecule has 0 radical (unpaired) electrons. The van der Waals surface area contributed by atoms with Gasteiger partial charge < -0.3 is 14.2 Å². The number of hydrogen-bond donors (Lipinski definition) is 1. The second-order valence-corrected chi connectivity index (χ2v) is 11.8. The second kappa shape index (κ2) is 12.2. The van der Waals surface area contributed by atoms with E-state index in [1.807, 2.05) is 32.0 Å². The summed E-state index contributed by atoms with van der Waals surface area (Å²) in [5.74, 6) is 0.261. The van der Waals surface area contributed by atoms with E-state index in [1.54, 1.807) is 16.4 Å². The molecule has 0 aromatic heterocycles. The van der Waals surface area contributed by atoms with Crippen molar-refractivity contribution in [2.45, 2.75) is 56.8 Å². The van der Waals surface area contributed by atoms with Gasteiger partial charge in [-0.25, -0.2) is 13.2 Å². The molecule has 0 unspecified atom stereocenters. The Morgan fingerprint density at radius 3 is 2.56 bits per heavy atom. The number of nitrogens with one attached hydrogen (secondary N) is 1. The number of carbonyl (C=O) groups is 1. The lowest BCUT2D eigenvalue weighted by Crippen LogP contribution is -2.35. The first kappa shape index (κ1) is 26.6. The summed E-state index contributed by atoms with van der Waals surface area (Å²) in [7, 11) is -3.66. The van der Waals surface area contributed by atoms with Crippen molar-refractivity contribution in [1.82, 2.24) is 4.31 Å². The molecule has 4 rings (SSSR count). The summed E-state index contributed by atoms with van der Waals surface area (Å²) >= 11 is 0. The zero-order valence-corrected chi connectivity index (χ0v) is 21.8. The minimum absolute atomic E-state index is 0.0582. The number of amides is 1. The molecule has 0 spiro atoms. The molecule has 0 saturated carbocycles. The number of aryl methyl sites for hydroxylation is 1. The van der Waals surface area contributed by atoms with Gasteiger partial charge in [0.05, 0.1) is 24.0 Å². The van der Waals surface area contributed by atoms with Gasteiger partial charge in [0.25, 0.3) is 0 Å². The van der Waals surface area contributed by atoms with E-state index in [-0.39, 0.29) is 29.1 Å². The van der Waals surface area contributed by atoms with Gasteiger partial charge in [-0.1, -0.05) is 44.2 Å². The Bertz CT molecular complexity index is 1090. The topological polar surface area (TPSA) is 94.2 Å². The Morgan fingerprint density at radius 1 is 1.08 bits per heavy atom. The van der Waals surface area contributed by atoms with E-state index in [1.165, 1.54) is 17.7 Å². The van der Waals surface area contributed by atoms with Crippen LogP contribution in [0.25, 0.3) is 0 Å². The van der Waals surface area contributed by atoms with E-state index in [4.69, 9.17) is 14.2 Å². The van der Waals surface area contributed by atoms with Gasteiger partial charge in [-0.15, -0.1) is 0 Å². The predicted molar refractivity (Wildman–Crippen MR) is 137 cm³/mol. The van der Waals surface area contributed by atoms with Crippen molar-refractivity contribution in [3.8, 4) is 0 Å². The highest BCUT2D eigenvalue weighted by molar-refractivity contribution is 7.89. The summed E-state index contributed by atoms with van der Waals surface area (Å²) in [6, 6.07) is 16.5. The number of anilines is 1. The van der Waals surface area contributed by atoms with Crippen LogP contribution in [0.4, 0.5) is 10.5 Å². The van der Waals surface area contributed by atoms with Gasteiger partial charge in [0.1, 0.15) is 6.10 Å². The van der Waals surface area contributed by atoms with Gasteiger partial charge in [0.15, 0.2) is 6.29 Å². The monoisotopic (exact) mass is 516 g/mol. The quantitative estimate of drug-likeness (QED) is 0.437. The summed E-state index contributed by atoms with van der Waals surface area (Å²) < 4.78 is 44.8. The lowest BCUT2D eigenvalue weighted by molar-refractivity contribution is -0.0907. The van der Waals surface area contributed by atoms with E-state index in [0.29, 0.717) is 32.0 Å². The lowest BCUT2D eigenvalue weighted by atomic mass is 10.0. The van der Waals surface area contributed by atoms with Crippen molar-refractivity contribution < 1.29 is 27.4 Å². The molecule has 196 valence electrons. The predicted octanol–water partition coefficient (Wildman–Crippen LogP) is 4.67. The van der Waals surface area contributed by atoms with Crippen LogP contribution in [0.2, 0.25) is 0 Å². The number of nitrogens with zero attached hydrogens (tertiary/aromatic N) is 1. The molecule has 2 saturated heterocycles. The molecule has 2 aromatic rings. The number of benzene rings is 2. The lowest BCUT2D eigenvalue weighted by Gasteiger charge is -2.24. The van der Waals surface area contributed by atoms with Crippen LogP contribution in [-0.2, 0) is 30.7 Å². The summed E-state index contributed by atoms with van der Waals surface area (Å²) in [5.41, 5.74) is 1.73. The van der Waals surface area contributed by atoms with Crippen LogP contribution in [0.1, 0.15) is 38.7 Å². The summed E-state index contributed by atoms with van der Waals surface area (Å²) in [4.78, 5) is 12.6. The van der Waals surface area contributed by atoms with Crippen molar-refractivity contribution in [3.63, 3.8) is 0 Å². The molecule has 36 heavy (non-hydrogen) atoms. The largest absolute Gasteiger partial charge is 0.443 e. The first-order valence-corrected chi connectivity index (χ1v) is 14.1. The van der Waals surface area contributed by atoms with Crippen LogP contribution < -0.4 is 5.32 Å². The van der Waals surface area contributed by atoms with Gasteiger partial charge in [0, 0.05) is 18.8 Å². The number of fused-ring (bicyclic) bond motifs is 1. The average Bonchev–Trinajstić information content (AvgIpc) is 3.47. The van der Waals surface area contributed by atoms with E-state index < -0.39 is 16.1 Å². The normalized spacial score (nSPS) is 21.6. The van der Waals surface area contributed by atoms with Crippen LogP contribution in [0.15, 0.2) is 59.5 Å². The third-order valence-electron chi connectivity index (χ3n) is 6.52. The van der Waals surface area contributed by atoms with Crippen LogP contribution in [0, 0.1) is 11.8 Å². The SMILES string of the molecule is CC(C)CN(CCCCc1ccccc1)S(=O)(=O)c1ccc(NC(=O)O[C@H]2CO[C@H]3OCC[C@H]32)cc1.